The topological polar surface area (TPSA) is 104 Å². The van der Waals surface area contributed by atoms with Crippen molar-refractivity contribution in [3.63, 3.8) is 0 Å². The fourth-order valence-electron chi connectivity index (χ4n) is 2.07. The summed E-state index contributed by atoms with van der Waals surface area (Å²) >= 11 is 0. The number of hydrogen-bond acceptors (Lipinski definition) is 5. The molecule has 1 aromatic rings. The number of hydrogen-bond donors (Lipinski definition) is 2. The summed E-state index contributed by atoms with van der Waals surface area (Å²) in [5, 5.41) is 21.0. The van der Waals surface area contributed by atoms with Crippen molar-refractivity contribution in [1.29, 1.82) is 0 Å². The van der Waals surface area contributed by atoms with Crippen LogP contribution >= 0.6 is 0 Å². The largest absolute Gasteiger partial charge is 0.475 e. The molecule has 0 radical (unpaired) electrons. The van der Waals surface area contributed by atoms with Gasteiger partial charge in [0.15, 0.2) is 5.69 Å². The second-order valence-corrected chi connectivity index (χ2v) is 4.30. The molecule has 1 aliphatic rings. The molecule has 2 heterocycles. The van der Waals surface area contributed by atoms with Crippen LogP contribution in [0.1, 0.15) is 33.9 Å². The van der Waals surface area contributed by atoms with E-state index in [1.54, 1.807) is 4.90 Å². The van der Waals surface area contributed by atoms with Gasteiger partial charge in [0.05, 0.1) is 0 Å². The standard InChI is InChI=1S/C11H14N2O5/c14-4-2-7-1-3-13(6-7)10(15)8-5-9(11(16)17)18-12-8/h5,7,14H,1-4,6H2,(H,16,17). The van der Waals surface area contributed by atoms with Crippen molar-refractivity contribution in [2.45, 2.75) is 12.8 Å². The molecule has 7 nitrogen and oxygen atoms in total. The number of aliphatic hydroxyl groups excluding tert-OH is 1. The quantitative estimate of drug-likeness (QED) is 0.796. The van der Waals surface area contributed by atoms with Gasteiger partial charge in [0.25, 0.3) is 5.91 Å². The molecule has 2 N–H and O–H groups in total. The minimum atomic E-state index is -1.25. The maximum Gasteiger partial charge on any atom is 0.374 e. The van der Waals surface area contributed by atoms with Gasteiger partial charge in [-0.05, 0) is 18.8 Å². The third kappa shape index (κ3) is 2.51. The minimum absolute atomic E-state index is 0.0112. The van der Waals surface area contributed by atoms with E-state index in [1.165, 1.54) is 0 Å². The van der Waals surface area contributed by atoms with Gasteiger partial charge in [0, 0.05) is 25.8 Å². The number of carboxylic acid groups (broad SMARTS) is 1. The van der Waals surface area contributed by atoms with E-state index in [9.17, 15) is 9.59 Å². The Morgan fingerprint density at radius 2 is 2.33 bits per heavy atom. The number of carbonyl (C=O) groups is 2. The molecule has 98 valence electrons. The van der Waals surface area contributed by atoms with Gasteiger partial charge in [-0.1, -0.05) is 5.16 Å². The van der Waals surface area contributed by atoms with E-state index >= 15 is 0 Å². The van der Waals surface area contributed by atoms with Gasteiger partial charge in [-0.2, -0.15) is 0 Å². The van der Waals surface area contributed by atoms with Crippen LogP contribution in [0.15, 0.2) is 10.6 Å². The highest BCUT2D eigenvalue weighted by Crippen LogP contribution is 2.21. The number of carbonyl (C=O) groups excluding carboxylic acids is 1. The second kappa shape index (κ2) is 5.18. The number of aromatic nitrogens is 1. The summed E-state index contributed by atoms with van der Waals surface area (Å²) in [7, 11) is 0. The van der Waals surface area contributed by atoms with Crippen LogP contribution in [0, 0.1) is 5.92 Å². The molecule has 1 fully saturated rings. The SMILES string of the molecule is O=C(O)c1cc(C(=O)N2CCC(CCO)C2)no1. The lowest BCUT2D eigenvalue weighted by atomic mass is 10.1. The molecule has 7 heteroatoms. The van der Waals surface area contributed by atoms with Crippen molar-refractivity contribution >= 4 is 11.9 Å². The molecule has 1 unspecified atom stereocenters. The van der Waals surface area contributed by atoms with Crippen molar-refractivity contribution in [3.05, 3.63) is 17.5 Å². The molecule has 18 heavy (non-hydrogen) atoms. The van der Waals surface area contributed by atoms with Gasteiger partial charge in [-0.25, -0.2) is 4.79 Å². The van der Waals surface area contributed by atoms with Crippen LogP contribution in [0.5, 0.6) is 0 Å². The molecule has 1 aliphatic heterocycles. The third-order valence-electron chi connectivity index (χ3n) is 3.05. The summed E-state index contributed by atoms with van der Waals surface area (Å²) in [5.74, 6) is -1.62. The molecular formula is C11H14N2O5. The molecule has 0 spiro atoms. The highest BCUT2D eigenvalue weighted by atomic mass is 16.5. The van der Waals surface area contributed by atoms with Crippen LogP contribution in [-0.2, 0) is 0 Å². The van der Waals surface area contributed by atoms with Crippen molar-refractivity contribution < 1.29 is 24.3 Å². The lowest BCUT2D eigenvalue weighted by Gasteiger charge is -2.14. The average Bonchev–Trinajstić information content (AvgIpc) is 2.97. The van der Waals surface area contributed by atoms with E-state index in [4.69, 9.17) is 10.2 Å². The van der Waals surface area contributed by atoms with Crippen LogP contribution in [0.4, 0.5) is 0 Å². The smallest absolute Gasteiger partial charge is 0.374 e. The molecule has 1 atom stereocenters. The molecule has 0 bridgehead atoms. The van der Waals surface area contributed by atoms with Crippen molar-refractivity contribution in [2.24, 2.45) is 5.92 Å². The highest BCUT2D eigenvalue weighted by molar-refractivity contribution is 5.94. The van der Waals surface area contributed by atoms with E-state index in [2.05, 4.69) is 9.68 Å². The predicted octanol–water partition coefficient (Wildman–Crippen LogP) is 0.217. The normalized spacial score (nSPS) is 19.2. The Kier molecular flexibility index (Phi) is 3.61. The first-order chi connectivity index (χ1) is 8.61. The number of aromatic carboxylic acids is 1. The molecule has 2 rings (SSSR count). The summed E-state index contributed by atoms with van der Waals surface area (Å²) in [4.78, 5) is 24.2. The summed E-state index contributed by atoms with van der Waals surface area (Å²) < 4.78 is 4.54. The first kappa shape index (κ1) is 12.6. The van der Waals surface area contributed by atoms with Gasteiger partial charge >= 0.3 is 5.97 Å². The lowest BCUT2D eigenvalue weighted by Crippen LogP contribution is -2.29. The van der Waals surface area contributed by atoms with Gasteiger partial charge in [0.2, 0.25) is 5.76 Å². The third-order valence-corrected chi connectivity index (χ3v) is 3.05. The van der Waals surface area contributed by atoms with Gasteiger partial charge in [-0.3, -0.25) is 4.79 Å². The number of aliphatic hydroxyl groups is 1. The molecule has 1 amide bonds. The molecule has 0 aromatic carbocycles. The summed E-state index contributed by atoms with van der Waals surface area (Å²) in [6.07, 6.45) is 1.51. The Balaban J connectivity index is 2.01. The minimum Gasteiger partial charge on any atom is -0.475 e. The Morgan fingerprint density at radius 1 is 1.56 bits per heavy atom. The summed E-state index contributed by atoms with van der Waals surface area (Å²) in [6.45, 7) is 1.27. The van der Waals surface area contributed by atoms with Crippen molar-refractivity contribution in [3.8, 4) is 0 Å². The van der Waals surface area contributed by atoms with E-state index < -0.39 is 5.97 Å². The van der Waals surface area contributed by atoms with Crippen LogP contribution < -0.4 is 0 Å². The maximum absolute atomic E-state index is 12.0. The van der Waals surface area contributed by atoms with E-state index in [0.29, 0.717) is 25.4 Å². The Labute approximate surface area is 103 Å². The Morgan fingerprint density at radius 3 is 2.94 bits per heavy atom. The predicted molar refractivity (Wildman–Crippen MR) is 59.2 cm³/mol. The highest BCUT2D eigenvalue weighted by Gasteiger charge is 2.28. The monoisotopic (exact) mass is 254 g/mol. The molecule has 1 aromatic heterocycles. The lowest BCUT2D eigenvalue weighted by molar-refractivity contribution is 0.0649. The zero-order chi connectivity index (χ0) is 13.1. The van der Waals surface area contributed by atoms with Crippen molar-refractivity contribution in [1.82, 2.24) is 10.1 Å². The molecule has 0 saturated carbocycles. The average molecular weight is 254 g/mol. The molecular weight excluding hydrogens is 240 g/mol. The van der Waals surface area contributed by atoms with Crippen LogP contribution in [0.3, 0.4) is 0 Å². The van der Waals surface area contributed by atoms with Gasteiger partial charge in [0.1, 0.15) is 0 Å². The van der Waals surface area contributed by atoms with Crippen LogP contribution in [0.2, 0.25) is 0 Å². The Hall–Kier alpha value is -1.89. The summed E-state index contributed by atoms with van der Waals surface area (Å²) in [5.41, 5.74) is 0.0112. The fraction of sp³-hybridized carbons (Fsp3) is 0.545. The van der Waals surface area contributed by atoms with Crippen LogP contribution in [-0.4, -0.2) is 51.8 Å². The number of likely N-dealkylation sites (tertiary alicyclic amines) is 1. The Bertz CT molecular complexity index is 456. The number of amides is 1. The first-order valence-corrected chi connectivity index (χ1v) is 5.72. The zero-order valence-electron chi connectivity index (χ0n) is 9.70. The fourth-order valence-corrected chi connectivity index (χ4v) is 2.07. The maximum atomic E-state index is 12.0. The van der Waals surface area contributed by atoms with Crippen LogP contribution in [0.25, 0.3) is 0 Å². The van der Waals surface area contributed by atoms with Gasteiger partial charge < -0.3 is 19.6 Å². The van der Waals surface area contributed by atoms with Gasteiger partial charge in [-0.15, -0.1) is 0 Å². The number of nitrogens with zero attached hydrogens (tertiary/aromatic N) is 2. The number of rotatable bonds is 4. The summed E-state index contributed by atoms with van der Waals surface area (Å²) in [6, 6.07) is 1.13. The molecule has 0 aliphatic carbocycles. The number of carboxylic acids is 1. The van der Waals surface area contributed by atoms with E-state index in [0.717, 1.165) is 12.5 Å². The first-order valence-electron chi connectivity index (χ1n) is 5.72. The second-order valence-electron chi connectivity index (χ2n) is 4.30. The van der Waals surface area contributed by atoms with E-state index in [1.807, 2.05) is 0 Å². The molecule has 1 saturated heterocycles. The zero-order valence-corrected chi connectivity index (χ0v) is 9.70. The van der Waals surface area contributed by atoms with E-state index in [-0.39, 0.29) is 24.0 Å². The van der Waals surface area contributed by atoms with Crippen molar-refractivity contribution in [2.75, 3.05) is 19.7 Å².